The monoisotopic (exact) mass is 246 g/mol. The van der Waals surface area contributed by atoms with E-state index in [0.717, 1.165) is 14.9 Å². The molecule has 0 amide bonds. The molecule has 1 atom stereocenters. The highest BCUT2D eigenvalue weighted by Crippen LogP contribution is 2.20. The van der Waals surface area contributed by atoms with Gasteiger partial charge in [-0.25, -0.2) is 0 Å². The topological polar surface area (TPSA) is 23.1 Å². The normalized spacial score (nSPS) is 13.0. The molecular formula is C9H11BrOS. The maximum absolute atomic E-state index is 11.4. The molecule has 1 rings (SSSR count). The Morgan fingerprint density at radius 2 is 2.17 bits per heavy atom. The predicted octanol–water partition coefficient (Wildman–Crippen LogP) is 2.89. The van der Waals surface area contributed by atoms with Crippen LogP contribution in [-0.2, 0) is 11.2 Å². The van der Waals surface area contributed by atoms with Gasteiger partial charge < -0.3 is 4.55 Å². The lowest BCUT2D eigenvalue weighted by Crippen LogP contribution is -2.03. The summed E-state index contributed by atoms with van der Waals surface area (Å²) in [5.41, 5.74) is 1.13. The maximum Gasteiger partial charge on any atom is 0.153 e. The van der Waals surface area contributed by atoms with Crippen LogP contribution in [0.25, 0.3) is 0 Å². The lowest BCUT2D eigenvalue weighted by molar-refractivity contribution is 0.596. The minimum Gasteiger partial charge on any atom is -0.611 e. The zero-order valence-electron chi connectivity index (χ0n) is 7.13. The Balaban J connectivity index is 2.96. The van der Waals surface area contributed by atoms with E-state index in [4.69, 9.17) is 0 Å². The van der Waals surface area contributed by atoms with Gasteiger partial charge in [-0.05, 0) is 48.8 Å². The minimum atomic E-state index is -0.830. The molecule has 0 spiro atoms. The van der Waals surface area contributed by atoms with Crippen molar-refractivity contribution in [1.82, 2.24) is 0 Å². The molecule has 0 aliphatic carbocycles. The van der Waals surface area contributed by atoms with Crippen molar-refractivity contribution in [3.63, 3.8) is 0 Å². The van der Waals surface area contributed by atoms with Crippen LogP contribution >= 0.6 is 15.9 Å². The Morgan fingerprint density at radius 1 is 1.50 bits per heavy atom. The van der Waals surface area contributed by atoms with E-state index in [1.807, 2.05) is 32.0 Å². The SMILES string of the molecule is CC[S+]([O-])c1ccc(Br)c(C)c1. The maximum atomic E-state index is 11.4. The highest BCUT2D eigenvalue weighted by Gasteiger charge is 2.08. The van der Waals surface area contributed by atoms with Crippen molar-refractivity contribution in [3.8, 4) is 0 Å². The summed E-state index contributed by atoms with van der Waals surface area (Å²) in [6, 6.07) is 5.80. The minimum absolute atomic E-state index is 0.682. The summed E-state index contributed by atoms with van der Waals surface area (Å²) in [7, 11) is 0. The van der Waals surface area contributed by atoms with E-state index in [2.05, 4.69) is 15.9 Å². The zero-order valence-corrected chi connectivity index (χ0v) is 9.54. The molecule has 1 nitrogen and oxygen atoms in total. The Morgan fingerprint density at radius 3 is 2.67 bits per heavy atom. The zero-order chi connectivity index (χ0) is 9.14. The van der Waals surface area contributed by atoms with Crippen LogP contribution in [0.15, 0.2) is 27.6 Å². The Hall–Kier alpha value is 0.01000. The molecule has 0 aromatic heterocycles. The van der Waals surface area contributed by atoms with Gasteiger partial charge in [0.05, 0.1) is 0 Å². The van der Waals surface area contributed by atoms with Crippen LogP contribution in [0, 0.1) is 6.92 Å². The predicted molar refractivity (Wildman–Crippen MR) is 55.8 cm³/mol. The fraction of sp³-hybridized carbons (Fsp3) is 0.333. The molecule has 0 saturated heterocycles. The quantitative estimate of drug-likeness (QED) is 0.737. The van der Waals surface area contributed by atoms with Gasteiger partial charge in [0.2, 0.25) is 0 Å². The van der Waals surface area contributed by atoms with Crippen LogP contribution in [0.4, 0.5) is 0 Å². The molecule has 0 saturated carbocycles. The molecule has 12 heavy (non-hydrogen) atoms. The summed E-state index contributed by atoms with van der Waals surface area (Å²) in [5, 5.41) is 0. The first kappa shape index (κ1) is 10.1. The van der Waals surface area contributed by atoms with E-state index in [1.54, 1.807) is 0 Å². The van der Waals surface area contributed by atoms with Gasteiger partial charge >= 0.3 is 0 Å². The van der Waals surface area contributed by atoms with E-state index in [0.29, 0.717) is 5.75 Å². The van der Waals surface area contributed by atoms with Crippen molar-refractivity contribution in [3.05, 3.63) is 28.2 Å². The Kier molecular flexibility index (Phi) is 3.62. The first-order valence-electron chi connectivity index (χ1n) is 3.79. The second-order valence-corrected chi connectivity index (χ2v) is 5.14. The molecule has 0 bridgehead atoms. The third-order valence-corrected chi connectivity index (χ3v) is 3.85. The third kappa shape index (κ3) is 2.25. The molecule has 0 fully saturated rings. The smallest absolute Gasteiger partial charge is 0.153 e. The number of hydrogen-bond donors (Lipinski definition) is 0. The first-order chi connectivity index (χ1) is 5.65. The molecule has 66 valence electrons. The molecule has 0 N–H and O–H groups in total. The van der Waals surface area contributed by atoms with Crippen LogP contribution in [0.1, 0.15) is 12.5 Å². The van der Waals surface area contributed by atoms with Gasteiger partial charge in [0.15, 0.2) is 4.90 Å². The summed E-state index contributed by atoms with van der Waals surface area (Å²) in [6.07, 6.45) is 0. The summed E-state index contributed by atoms with van der Waals surface area (Å²) in [6.45, 7) is 3.92. The summed E-state index contributed by atoms with van der Waals surface area (Å²) in [5.74, 6) is 0.682. The van der Waals surface area contributed by atoms with Gasteiger partial charge in [-0.2, -0.15) is 0 Å². The highest BCUT2D eigenvalue weighted by atomic mass is 79.9. The Bertz CT molecular complexity index is 275. The van der Waals surface area contributed by atoms with E-state index < -0.39 is 11.2 Å². The summed E-state index contributed by atoms with van der Waals surface area (Å²) >= 11 is 2.57. The lowest BCUT2D eigenvalue weighted by Gasteiger charge is -2.08. The van der Waals surface area contributed by atoms with Crippen molar-refractivity contribution in [2.45, 2.75) is 18.7 Å². The summed E-state index contributed by atoms with van der Waals surface area (Å²) < 4.78 is 12.4. The standard InChI is InChI=1S/C9H11BrOS/c1-3-12(11)8-4-5-9(10)7(2)6-8/h4-6H,3H2,1-2H3. The lowest BCUT2D eigenvalue weighted by atomic mass is 10.2. The van der Waals surface area contributed by atoms with Gasteiger partial charge in [-0.15, -0.1) is 0 Å². The second kappa shape index (κ2) is 4.30. The number of rotatable bonds is 2. The number of hydrogen-bond acceptors (Lipinski definition) is 1. The van der Waals surface area contributed by atoms with Gasteiger partial charge in [-0.3, -0.25) is 0 Å². The van der Waals surface area contributed by atoms with Crippen molar-refractivity contribution in [2.75, 3.05) is 5.75 Å². The largest absolute Gasteiger partial charge is 0.611 e. The van der Waals surface area contributed by atoms with E-state index in [-0.39, 0.29) is 0 Å². The fourth-order valence-electron chi connectivity index (χ4n) is 0.925. The molecule has 1 aromatic rings. The number of aryl methyl sites for hydroxylation is 1. The molecule has 1 aromatic carbocycles. The average Bonchev–Trinajstić information content (AvgIpc) is 2.08. The molecular weight excluding hydrogens is 236 g/mol. The molecule has 0 radical (unpaired) electrons. The first-order valence-corrected chi connectivity index (χ1v) is 5.91. The van der Waals surface area contributed by atoms with Gasteiger partial charge in [0, 0.05) is 4.47 Å². The van der Waals surface area contributed by atoms with Crippen LogP contribution < -0.4 is 0 Å². The molecule has 3 heteroatoms. The fourth-order valence-corrected chi connectivity index (χ4v) is 2.03. The highest BCUT2D eigenvalue weighted by molar-refractivity contribution is 9.10. The van der Waals surface area contributed by atoms with Gasteiger partial charge in [-0.1, -0.05) is 15.9 Å². The van der Waals surface area contributed by atoms with E-state index in [1.165, 1.54) is 0 Å². The summed E-state index contributed by atoms with van der Waals surface area (Å²) in [4.78, 5) is 0.915. The number of halogens is 1. The average molecular weight is 247 g/mol. The Labute approximate surface area is 84.5 Å². The van der Waals surface area contributed by atoms with Crippen molar-refractivity contribution < 1.29 is 4.55 Å². The molecule has 0 aliphatic heterocycles. The third-order valence-electron chi connectivity index (χ3n) is 1.65. The van der Waals surface area contributed by atoms with Crippen LogP contribution in [0.3, 0.4) is 0 Å². The van der Waals surface area contributed by atoms with Crippen LogP contribution in [-0.4, -0.2) is 10.3 Å². The molecule has 1 unspecified atom stereocenters. The molecule has 0 aliphatic rings. The van der Waals surface area contributed by atoms with Gasteiger partial charge in [0.1, 0.15) is 5.75 Å². The van der Waals surface area contributed by atoms with E-state index >= 15 is 0 Å². The van der Waals surface area contributed by atoms with E-state index in [9.17, 15) is 4.55 Å². The van der Waals surface area contributed by atoms with Gasteiger partial charge in [0.25, 0.3) is 0 Å². The van der Waals surface area contributed by atoms with Crippen molar-refractivity contribution in [1.29, 1.82) is 0 Å². The van der Waals surface area contributed by atoms with Crippen LogP contribution in [0.5, 0.6) is 0 Å². The van der Waals surface area contributed by atoms with Crippen LogP contribution in [0.2, 0.25) is 0 Å². The van der Waals surface area contributed by atoms with Crippen molar-refractivity contribution in [2.24, 2.45) is 0 Å². The second-order valence-electron chi connectivity index (χ2n) is 2.55. The molecule has 0 heterocycles. The van der Waals surface area contributed by atoms with Crippen molar-refractivity contribution >= 4 is 27.1 Å². The number of benzene rings is 1.